The van der Waals surface area contributed by atoms with Crippen molar-refractivity contribution in [2.24, 2.45) is 5.73 Å². The lowest BCUT2D eigenvalue weighted by Crippen LogP contribution is -2.31. The molecule has 0 spiro atoms. The molecular formula is C20H22N4O3. The first-order valence-electron chi connectivity index (χ1n) is 8.98. The Balaban J connectivity index is 1.56. The molecule has 3 N–H and O–H groups in total. The molecule has 0 radical (unpaired) electrons. The Bertz CT molecular complexity index is 849. The number of aromatic nitrogens is 1. The van der Waals surface area contributed by atoms with E-state index in [1.165, 1.54) is 0 Å². The highest BCUT2D eigenvalue weighted by Gasteiger charge is 2.19. The van der Waals surface area contributed by atoms with Crippen LogP contribution < -0.4 is 11.1 Å². The van der Waals surface area contributed by atoms with Crippen molar-refractivity contribution in [3.63, 3.8) is 0 Å². The van der Waals surface area contributed by atoms with E-state index in [-0.39, 0.29) is 11.8 Å². The van der Waals surface area contributed by atoms with Gasteiger partial charge in [-0.2, -0.15) is 0 Å². The van der Waals surface area contributed by atoms with Crippen LogP contribution in [0.5, 0.6) is 0 Å². The second-order valence-electron chi connectivity index (χ2n) is 6.44. The van der Waals surface area contributed by atoms with E-state index in [9.17, 15) is 14.4 Å². The summed E-state index contributed by atoms with van der Waals surface area (Å²) in [5.74, 6) is -0.547. The van der Waals surface area contributed by atoms with Gasteiger partial charge in [-0.3, -0.25) is 14.4 Å². The lowest BCUT2D eigenvalue weighted by molar-refractivity contribution is -0.127. The molecule has 27 heavy (non-hydrogen) atoms. The monoisotopic (exact) mass is 366 g/mol. The van der Waals surface area contributed by atoms with Crippen LogP contribution in [0.3, 0.4) is 0 Å². The number of nitrogens with zero attached hydrogens (tertiary/aromatic N) is 2. The Labute approximate surface area is 157 Å². The molecule has 1 aromatic heterocycles. The van der Waals surface area contributed by atoms with Crippen molar-refractivity contribution in [1.29, 1.82) is 0 Å². The van der Waals surface area contributed by atoms with Gasteiger partial charge < -0.3 is 16.0 Å². The van der Waals surface area contributed by atoms with Gasteiger partial charge in [-0.25, -0.2) is 4.98 Å². The van der Waals surface area contributed by atoms with E-state index >= 15 is 0 Å². The van der Waals surface area contributed by atoms with Crippen LogP contribution in [0.1, 0.15) is 40.1 Å². The minimum absolute atomic E-state index is 0.193. The second kappa shape index (κ2) is 8.44. The maximum Gasteiger partial charge on any atom is 0.269 e. The van der Waals surface area contributed by atoms with Crippen LogP contribution in [0, 0.1) is 0 Å². The fourth-order valence-electron chi connectivity index (χ4n) is 3.03. The van der Waals surface area contributed by atoms with Crippen LogP contribution in [-0.2, 0) is 4.79 Å². The summed E-state index contributed by atoms with van der Waals surface area (Å²) in [6.07, 6.45) is 2.26. The summed E-state index contributed by atoms with van der Waals surface area (Å²) in [7, 11) is 0. The Morgan fingerprint density at radius 2 is 1.93 bits per heavy atom. The lowest BCUT2D eigenvalue weighted by atomic mass is 10.1. The van der Waals surface area contributed by atoms with Crippen molar-refractivity contribution in [1.82, 2.24) is 15.2 Å². The lowest BCUT2D eigenvalue weighted by Gasteiger charge is -2.15. The van der Waals surface area contributed by atoms with Crippen molar-refractivity contribution in [3.05, 3.63) is 53.7 Å². The smallest absolute Gasteiger partial charge is 0.269 e. The summed E-state index contributed by atoms with van der Waals surface area (Å²) in [6, 6.07) is 12.0. The minimum atomic E-state index is -0.488. The summed E-state index contributed by atoms with van der Waals surface area (Å²) in [4.78, 5) is 41.3. The molecule has 0 bridgehead atoms. The molecule has 0 aliphatic carbocycles. The van der Waals surface area contributed by atoms with Crippen molar-refractivity contribution < 1.29 is 14.4 Å². The van der Waals surface area contributed by atoms with Gasteiger partial charge in [0, 0.05) is 37.2 Å². The van der Waals surface area contributed by atoms with Crippen LogP contribution in [0.4, 0.5) is 0 Å². The fourth-order valence-corrected chi connectivity index (χ4v) is 3.03. The molecule has 3 amide bonds. The molecule has 1 aromatic carbocycles. The molecule has 0 saturated carbocycles. The quantitative estimate of drug-likeness (QED) is 0.726. The third-order valence-corrected chi connectivity index (χ3v) is 4.51. The zero-order chi connectivity index (χ0) is 19.2. The molecule has 2 heterocycles. The average Bonchev–Trinajstić information content (AvgIpc) is 3.10. The summed E-state index contributed by atoms with van der Waals surface area (Å²) >= 11 is 0. The number of carbonyl (C=O) groups is 3. The van der Waals surface area contributed by atoms with Gasteiger partial charge in [0.2, 0.25) is 11.8 Å². The molecule has 0 atom stereocenters. The number of likely N-dealkylation sites (tertiary alicyclic amines) is 1. The van der Waals surface area contributed by atoms with Crippen LogP contribution in [0.15, 0.2) is 42.5 Å². The van der Waals surface area contributed by atoms with E-state index in [0.717, 1.165) is 18.5 Å². The van der Waals surface area contributed by atoms with E-state index in [0.29, 0.717) is 42.9 Å². The molecule has 7 heteroatoms. The number of benzene rings is 1. The van der Waals surface area contributed by atoms with Crippen molar-refractivity contribution in [3.8, 4) is 11.3 Å². The van der Waals surface area contributed by atoms with E-state index in [2.05, 4.69) is 10.3 Å². The molecule has 7 nitrogen and oxygen atoms in total. The topological polar surface area (TPSA) is 105 Å². The molecular weight excluding hydrogens is 344 g/mol. The van der Waals surface area contributed by atoms with Gasteiger partial charge in [0.05, 0.1) is 5.69 Å². The number of hydrogen-bond acceptors (Lipinski definition) is 4. The standard InChI is InChI=1S/C20H22N4O3/c21-19(26)15-9-7-14(8-10-15)16-4-1-5-17(23-16)20(27)22-11-3-13-24-12-2-6-18(24)25/h1,4-5,7-10H,2-3,6,11-13H2,(H2,21,26)(H,22,27). The van der Waals surface area contributed by atoms with Crippen LogP contribution in [0.2, 0.25) is 0 Å². The molecule has 1 fully saturated rings. The summed E-state index contributed by atoms with van der Waals surface area (Å²) in [6.45, 7) is 1.96. The number of carbonyl (C=O) groups excluding carboxylic acids is 3. The van der Waals surface area contributed by atoms with E-state index in [1.54, 1.807) is 42.5 Å². The normalized spacial score (nSPS) is 13.6. The second-order valence-corrected chi connectivity index (χ2v) is 6.44. The zero-order valence-electron chi connectivity index (χ0n) is 15.0. The van der Waals surface area contributed by atoms with Gasteiger partial charge in [0.25, 0.3) is 5.91 Å². The third kappa shape index (κ3) is 4.69. The minimum Gasteiger partial charge on any atom is -0.366 e. The molecule has 140 valence electrons. The summed E-state index contributed by atoms with van der Waals surface area (Å²) in [5.41, 5.74) is 7.42. The van der Waals surface area contributed by atoms with Gasteiger partial charge in [0.1, 0.15) is 5.69 Å². The average molecular weight is 366 g/mol. The number of hydrogen-bond donors (Lipinski definition) is 2. The summed E-state index contributed by atoms with van der Waals surface area (Å²) < 4.78 is 0. The number of nitrogens with two attached hydrogens (primary N) is 1. The van der Waals surface area contributed by atoms with Crippen LogP contribution >= 0.6 is 0 Å². The first kappa shape index (κ1) is 18.6. The Kier molecular flexibility index (Phi) is 5.80. The maximum atomic E-state index is 12.3. The van der Waals surface area contributed by atoms with Crippen molar-refractivity contribution in [2.75, 3.05) is 19.6 Å². The molecule has 3 rings (SSSR count). The number of primary amides is 1. The van der Waals surface area contributed by atoms with Gasteiger partial charge in [-0.05, 0) is 37.1 Å². The van der Waals surface area contributed by atoms with Crippen LogP contribution in [0.25, 0.3) is 11.3 Å². The number of amides is 3. The van der Waals surface area contributed by atoms with Crippen molar-refractivity contribution >= 4 is 17.7 Å². The van der Waals surface area contributed by atoms with E-state index < -0.39 is 5.91 Å². The number of rotatable bonds is 7. The van der Waals surface area contributed by atoms with Gasteiger partial charge >= 0.3 is 0 Å². The maximum absolute atomic E-state index is 12.3. The molecule has 1 aliphatic heterocycles. The first-order chi connectivity index (χ1) is 13.0. The third-order valence-electron chi connectivity index (χ3n) is 4.51. The highest BCUT2D eigenvalue weighted by molar-refractivity contribution is 5.94. The fraction of sp³-hybridized carbons (Fsp3) is 0.300. The van der Waals surface area contributed by atoms with Gasteiger partial charge in [-0.1, -0.05) is 18.2 Å². The van der Waals surface area contributed by atoms with Gasteiger partial charge in [0.15, 0.2) is 0 Å². The predicted molar refractivity (Wildman–Crippen MR) is 101 cm³/mol. The summed E-state index contributed by atoms with van der Waals surface area (Å²) in [5, 5.41) is 2.84. The molecule has 1 saturated heterocycles. The Hall–Kier alpha value is -3.22. The molecule has 0 unspecified atom stereocenters. The predicted octanol–water partition coefficient (Wildman–Crippen LogP) is 1.59. The molecule has 1 aliphatic rings. The Morgan fingerprint density at radius 3 is 2.59 bits per heavy atom. The molecule has 2 aromatic rings. The Morgan fingerprint density at radius 1 is 1.15 bits per heavy atom. The number of pyridine rings is 1. The number of nitrogens with one attached hydrogen (secondary N) is 1. The first-order valence-corrected chi connectivity index (χ1v) is 8.98. The van der Waals surface area contributed by atoms with Crippen molar-refractivity contribution in [2.45, 2.75) is 19.3 Å². The van der Waals surface area contributed by atoms with Gasteiger partial charge in [-0.15, -0.1) is 0 Å². The SMILES string of the molecule is NC(=O)c1ccc(-c2cccc(C(=O)NCCCN3CCCC3=O)n2)cc1. The van der Waals surface area contributed by atoms with E-state index in [4.69, 9.17) is 5.73 Å². The largest absolute Gasteiger partial charge is 0.366 e. The highest BCUT2D eigenvalue weighted by atomic mass is 16.2. The van der Waals surface area contributed by atoms with Crippen LogP contribution in [-0.4, -0.2) is 47.2 Å². The van der Waals surface area contributed by atoms with E-state index in [1.807, 2.05) is 4.90 Å². The highest BCUT2D eigenvalue weighted by Crippen LogP contribution is 2.18. The zero-order valence-corrected chi connectivity index (χ0v) is 15.0.